The van der Waals surface area contributed by atoms with Crippen LogP contribution in [0, 0.1) is 0 Å². The zero-order valence-corrected chi connectivity index (χ0v) is 18.7. The first-order chi connectivity index (χ1) is 15.4. The number of halogens is 2. The number of hydrogen-bond donors (Lipinski definition) is 3. The molecule has 0 spiro atoms. The standard InChI is InChI=1S/C22H20Cl2N4O4/c1-2-22-7-3-4-12-16(6-5-15(18(12)22)26-20(22)29)31-19-13(23)8-11(9-14(19)24)25-10-17-27-21(30)32-28-17/h5-6,8-9,25H,2-4,7,10H2,1H3,(H,26,29)(H,27,28,30)/t22-/m1/s1. The highest BCUT2D eigenvalue weighted by Crippen LogP contribution is 2.52. The van der Waals surface area contributed by atoms with Crippen molar-refractivity contribution >= 4 is 40.5 Å². The van der Waals surface area contributed by atoms with E-state index in [9.17, 15) is 9.59 Å². The van der Waals surface area contributed by atoms with Crippen LogP contribution in [-0.4, -0.2) is 16.0 Å². The van der Waals surface area contributed by atoms with Crippen LogP contribution in [0.1, 0.15) is 43.1 Å². The fourth-order valence-electron chi connectivity index (χ4n) is 4.69. The van der Waals surface area contributed by atoms with Gasteiger partial charge in [0.1, 0.15) is 5.75 Å². The smallest absolute Gasteiger partial charge is 0.438 e. The summed E-state index contributed by atoms with van der Waals surface area (Å²) in [5.74, 6) is 0.789. The van der Waals surface area contributed by atoms with Crippen molar-refractivity contribution in [2.45, 2.75) is 44.6 Å². The summed E-state index contributed by atoms with van der Waals surface area (Å²) >= 11 is 13.0. The zero-order valence-electron chi connectivity index (χ0n) is 17.2. The fourth-order valence-corrected chi connectivity index (χ4v) is 5.25. The van der Waals surface area contributed by atoms with Gasteiger partial charge in [-0.2, -0.15) is 0 Å². The summed E-state index contributed by atoms with van der Waals surface area (Å²) in [5.41, 5.74) is 3.07. The largest absolute Gasteiger partial charge is 0.454 e. The van der Waals surface area contributed by atoms with Crippen molar-refractivity contribution in [2.24, 2.45) is 0 Å². The number of aromatic nitrogens is 2. The highest BCUT2D eigenvalue weighted by atomic mass is 35.5. The summed E-state index contributed by atoms with van der Waals surface area (Å²) in [6, 6.07) is 7.10. The minimum atomic E-state index is -0.621. The summed E-state index contributed by atoms with van der Waals surface area (Å²) in [6.07, 6.45) is 3.29. The maximum atomic E-state index is 12.8. The quantitative estimate of drug-likeness (QED) is 0.463. The molecule has 5 rings (SSSR count). The molecular weight excluding hydrogens is 455 g/mol. The average molecular weight is 475 g/mol. The first kappa shape index (κ1) is 20.9. The van der Waals surface area contributed by atoms with E-state index in [-0.39, 0.29) is 12.5 Å². The lowest BCUT2D eigenvalue weighted by Crippen LogP contribution is -2.36. The van der Waals surface area contributed by atoms with Crippen LogP contribution in [0.2, 0.25) is 10.0 Å². The Hall–Kier alpha value is -2.97. The number of nitrogens with zero attached hydrogens (tertiary/aromatic N) is 1. The Balaban J connectivity index is 1.44. The molecule has 1 aliphatic carbocycles. The molecule has 0 saturated heterocycles. The van der Waals surface area contributed by atoms with E-state index in [0.29, 0.717) is 33.1 Å². The second-order valence-electron chi connectivity index (χ2n) is 7.97. The second-order valence-corrected chi connectivity index (χ2v) is 8.79. The molecule has 10 heteroatoms. The number of carbonyl (C=O) groups is 1. The molecule has 8 nitrogen and oxygen atoms in total. The van der Waals surface area contributed by atoms with Crippen molar-refractivity contribution in [1.29, 1.82) is 0 Å². The Morgan fingerprint density at radius 1 is 1.25 bits per heavy atom. The number of anilines is 2. The molecular formula is C22H20Cl2N4O4. The highest BCUT2D eigenvalue weighted by molar-refractivity contribution is 6.37. The van der Waals surface area contributed by atoms with E-state index in [1.54, 1.807) is 12.1 Å². The van der Waals surface area contributed by atoms with Crippen LogP contribution in [-0.2, 0) is 23.2 Å². The molecule has 0 saturated carbocycles. The summed E-state index contributed by atoms with van der Waals surface area (Å²) in [6.45, 7) is 2.28. The number of hydrogen-bond acceptors (Lipinski definition) is 6. The molecule has 3 aromatic rings. The van der Waals surface area contributed by atoms with Crippen LogP contribution in [0.4, 0.5) is 11.4 Å². The number of rotatable bonds is 6. The van der Waals surface area contributed by atoms with Crippen molar-refractivity contribution < 1.29 is 14.1 Å². The van der Waals surface area contributed by atoms with E-state index < -0.39 is 11.2 Å². The fraction of sp³-hybridized carbons (Fsp3) is 0.318. The molecule has 1 atom stereocenters. The van der Waals surface area contributed by atoms with Gasteiger partial charge in [0.25, 0.3) is 0 Å². The third-order valence-electron chi connectivity index (χ3n) is 6.22. The molecule has 2 aromatic carbocycles. The Kier molecular flexibility index (Phi) is 5.14. The predicted molar refractivity (Wildman–Crippen MR) is 121 cm³/mol. The van der Waals surface area contributed by atoms with Crippen LogP contribution in [0.15, 0.2) is 33.6 Å². The van der Waals surface area contributed by atoms with Gasteiger partial charge in [-0.1, -0.05) is 35.3 Å². The van der Waals surface area contributed by atoms with Gasteiger partial charge in [-0.3, -0.25) is 14.3 Å². The minimum Gasteiger partial charge on any atom is -0.454 e. The number of H-pyrrole nitrogens is 1. The maximum Gasteiger partial charge on any atom is 0.438 e. The molecule has 3 N–H and O–H groups in total. The first-order valence-corrected chi connectivity index (χ1v) is 11.1. The lowest BCUT2D eigenvalue weighted by atomic mass is 9.69. The second kappa shape index (κ2) is 7.86. The van der Waals surface area contributed by atoms with Crippen LogP contribution in [0.3, 0.4) is 0 Å². The van der Waals surface area contributed by atoms with E-state index in [1.807, 2.05) is 19.1 Å². The molecule has 0 unspecified atom stereocenters. The lowest BCUT2D eigenvalue weighted by molar-refractivity contribution is -0.121. The van der Waals surface area contributed by atoms with Crippen molar-refractivity contribution in [2.75, 3.05) is 10.6 Å². The number of benzene rings is 2. The van der Waals surface area contributed by atoms with Crippen molar-refractivity contribution in [3.05, 3.63) is 61.8 Å². The molecule has 1 aromatic heterocycles. The number of carbonyl (C=O) groups excluding carboxylic acids is 1. The third-order valence-corrected chi connectivity index (χ3v) is 6.78. The molecule has 0 radical (unpaired) electrons. The monoisotopic (exact) mass is 474 g/mol. The first-order valence-electron chi connectivity index (χ1n) is 10.3. The lowest BCUT2D eigenvalue weighted by Gasteiger charge is -2.33. The molecule has 2 heterocycles. The Labute approximate surface area is 193 Å². The van der Waals surface area contributed by atoms with Gasteiger partial charge >= 0.3 is 5.76 Å². The topological polar surface area (TPSA) is 109 Å². The Morgan fingerprint density at radius 2 is 2.03 bits per heavy atom. The molecule has 0 bridgehead atoms. The highest BCUT2D eigenvalue weighted by Gasteiger charge is 2.49. The van der Waals surface area contributed by atoms with E-state index in [4.69, 9.17) is 27.9 Å². The van der Waals surface area contributed by atoms with Gasteiger partial charge in [-0.25, -0.2) is 4.79 Å². The van der Waals surface area contributed by atoms with E-state index in [2.05, 4.69) is 25.3 Å². The normalized spacial score (nSPS) is 18.9. The van der Waals surface area contributed by atoms with Gasteiger partial charge in [0, 0.05) is 16.9 Å². The number of ether oxygens (including phenoxy) is 1. The van der Waals surface area contributed by atoms with Gasteiger partial charge in [0.15, 0.2) is 11.6 Å². The molecule has 0 fully saturated rings. The van der Waals surface area contributed by atoms with Crippen LogP contribution in [0.25, 0.3) is 0 Å². The van der Waals surface area contributed by atoms with Crippen molar-refractivity contribution in [1.82, 2.24) is 10.1 Å². The summed E-state index contributed by atoms with van der Waals surface area (Å²) in [4.78, 5) is 26.2. The van der Waals surface area contributed by atoms with Gasteiger partial charge in [0.2, 0.25) is 5.91 Å². The molecule has 1 aliphatic heterocycles. The minimum absolute atomic E-state index is 0.0630. The zero-order chi connectivity index (χ0) is 22.5. The summed E-state index contributed by atoms with van der Waals surface area (Å²) < 4.78 is 10.7. The van der Waals surface area contributed by atoms with Gasteiger partial charge in [0.05, 0.1) is 22.0 Å². The van der Waals surface area contributed by atoms with Crippen molar-refractivity contribution in [3.63, 3.8) is 0 Å². The summed E-state index contributed by atoms with van der Waals surface area (Å²) in [7, 11) is 0. The van der Waals surface area contributed by atoms with Gasteiger partial charge in [-0.15, -0.1) is 0 Å². The SMILES string of the molecule is CC[C@@]12CCCc3c(Oc4c(Cl)cc(NCc5noc(=O)[nH]5)cc4Cl)ccc(c31)NC2=O. The Morgan fingerprint density at radius 3 is 2.72 bits per heavy atom. The molecule has 32 heavy (non-hydrogen) atoms. The van der Waals surface area contributed by atoms with E-state index in [0.717, 1.165) is 42.5 Å². The number of aromatic amines is 1. The van der Waals surface area contributed by atoms with E-state index >= 15 is 0 Å². The van der Waals surface area contributed by atoms with Gasteiger partial charge in [-0.05, 0) is 55.5 Å². The third kappa shape index (κ3) is 3.34. The molecule has 166 valence electrons. The maximum absolute atomic E-state index is 12.8. The van der Waals surface area contributed by atoms with Crippen LogP contribution in [0.5, 0.6) is 11.5 Å². The van der Waals surface area contributed by atoms with Crippen LogP contribution < -0.4 is 21.1 Å². The van der Waals surface area contributed by atoms with E-state index in [1.165, 1.54) is 0 Å². The predicted octanol–water partition coefficient (Wildman–Crippen LogP) is 5.01. The van der Waals surface area contributed by atoms with Crippen molar-refractivity contribution in [3.8, 4) is 11.5 Å². The number of nitrogens with one attached hydrogen (secondary N) is 3. The average Bonchev–Trinajstić information content (AvgIpc) is 3.32. The summed E-state index contributed by atoms with van der Waals surface area (Å²) in [5, 5.41) is 10.4. The van der Waals surface area contributed by atoms with Gasteiger partial charge < -0.3 is 15.4 Å². The van der Waals surface area contributed by atoms with Crippen LogP contribution >= 0.6 is 23.2 Å². The molecule has 1 amide bonds. The number of amides is 1. The molecule has 2 aliphatic rings. The Bertz CT molecular complexity index is 1260.